The van der Waals surface area contributed by atoms with Crippen LogP contribution in [0.5, 0.6) is 5.75 Å². The molecule has 5 heteroatoms. The summed E-state index contributed by atoms with van der Waals surface area (Å²) in [7, 11) is 1.68. The van der Waals surface area contributed by atoms with Gasteiger partial charge in [0.15, 0.2) is 0 Å². The van der Waals surface area contributed by atoms with E-state index in [-0.39, 0.29) is 17.3 Å². The van der Waals surface area contributed by atoms with Gasteiger partial charge in [-0.1, -0.05) is 12.1 Å². The van der Waals surface area contributed by atoms with E-state index in [0.29, 0.717) is 13.0 Å². The minimum atomic E-state index is -0.589. The molecule has 0 aliphatic heterocycles. The summed E-state index contributed by atoms with van der Waals surface area (Å²) in [6, 6.07) is 6.13. The fraction of sp³-hybridized carbons (Fsp3) is 0.533. The normalized spacial score (nSPS) is 18.1. The Labute approximate surface area is 119 Å². The van der Waals surface area contributed by atoms with Crippen LogP contribution in [0, 0.1) is 0 Å². The molecular formula is C15H22N2O3. The Bertz CT molecular complexity index is 449. The first-order chi connectivity index (χ1) is 9.54. The van der Waals surface area contributed by atoms with Gasteiger partial charge in [0.25, 0.3) is 0 Å². The number of phenols is 1. The fourth-order valence-electron chi connectivity index (χ4n) is 2.38. The lowest BCUT2D eigenvalue weighted by atomic mass is 9.80. The minimum absolute atomic E-state index is 0.165. The number of nitrogens with one attached hydrogen (secondary N) is 1. The van der Waals surface area contributed by atoms with Crippen molar-refractivity contribution in [2.45, 2.75) is 37.3 Å². The molecule has 0 saturated heterocycles. The van der Waals surface area contributed by atoms with Crippen molar-refractivity contribution in [2.75, 3.05) is 13.7 Å². The molecule has 1 unspecified atom stereocenters. The van der Waals surface area contributed by atoms with E-state index < -0.39 is 6.04 Å². The molecule has 1 amide bonds. The first kappa shape index (κ1) is 14.8. The van der Waals surface area contributed by atoms with Crippen molar-refractivity contribution >= 4 is 5.91 Å². The standard InChI is InChI=1S/C15H22N2O3/c1-20-15(7-2-8-15)10-17-14(19)13(16)9-11-3-5-12(18)6-4-11/h3-6,13,18H,2,7-10,16H2,1H3,(H,17,19). The van der Waals surface area contributed by atoms with E-state index in [0.717, 1.165) is 24.8 Å². The van der Waals surface area contributed by atoms with Crippen LogP contribution in [0.1, 0.15) is 24.8 Å². The average molecular weight is 278 g/mol. The highest BCUT2D eigenvalue weighted by atomic mass is 16.5. The average Bonchev–Trinajstić information content (AvgIpc) is 2.40. The molecule has 1 aromatic carbocycles. The Morgan fingerprint density at radius 3 is 2.60 bits per heavy atom. The monoisotopic (exact) mass is 278 g/mol. The van der Waals surface area contributed by atoms with Crippen LogP contribution in [0.2, 0.25) is 0 Å². The molecule has 110 valence electrons. The van der Waals surface area contributed by atoms with Crippen molar-refractivity contribution in [1.29, 1.82) is 0 Å². The van der Waals surface area contributed by atoms with Crippen molar-refractivity contribution in [2.24, 2.45) is 5.73 Å². The number of methoxy groups -OCH3 is 1. The summed E-state index contributed by atoms with van der Waals surface area (Å²) >= 11 is 0. The Balaban J connectivity index is 1.81. The van der Waals surface area contributed by atoms with E-state index in [9.17, 15) is 9.90 Å². The van der Waals surface area contributed by atoms with E-state index in [1.54, 1.807) is 31.4 Å². The van der Waals surface area contributed by atoms with Crippen LogP contribution < -0.4 is 11.1 Å². The maximum absolute atomic E-state index is 12.0. The number of carbonyl (C=O) groups excluding carboxylic acids is 1. The number of hydrogen-bond acceptors (Lipinski definition) is 4. The highest BCUT2D eigenvalue weighted by Gasteiger charge is 2.37. The smallest absolute Gasteiger partial charge is 0.237 e. The molecule has 0 radical (unpaired) electrons. The van der Waals surface area contributed by atoms with Gasteiger partial charge in [-0.2, -0.15) is 0 Å². The van der Waals surface area contributed by atoms with E-state index in [4.69, 9.17) is 10.5 Å². The van der Waals surface area contributed by atoms with Gasteiger partial charge >= 0.3 is 0 Å². The van der Waals surface area contributed by atoms with Gasteiger partial charge in [-0.15, -0.1) is 0 Å². The molecule has 0 bridgehead atoms. The molecule has 2 rings (SSSR count). The summed E-state index contributed by atoms with van der Waals surface area (Å²) in [5, 5.41) is 12.1. The quantitative estimate of drug-likeness (QED) is 0.723. The van der Waals surface area contributed by atoms with Crippen LogP contribution >= 0.6 is 0 Å². The van der Waals surface area contributed by atoms with Crippen molar-refractivity contribution in [3.05, 3.63) is 29.8 Å². The van der Waals surface area contributed by atoms with Gasteiger partial charge < -0.3 is 20.9 Å². The summed E-state index contributed by atoms with van der Waals surface area (Å²) in [6.07, 6.45) is 3.56. The zero-order valence-corrected chi connectivity index (χ0v) is 11.8. The topological polar surface area (TPSA) is 84.6 Å². The largest absolute Gasteiger partial charge is 0.508 e. The van der Waals surface area contributed by atoms with Crippen LogP contribution in [-0.2, 0) is 16.0 Å². The molecule has 1 atom stereocenters. The van der Waals surface area contributed by atoms with E-state index in [1.807, 2.05) is 0 Å². The Kier molecular flexibility index (Phi) is 4.62. The van der Waals surface area contributed by atoms with Gasteiger partial charge in [0, 0.05) is 13.7 Å². The number of amides is 1. The molecule has 0 spiro atoms. The van der Waals surface area contributed by atoms with Crippen LogP contribution in [0.4, 0.5) is 0 Å². The van der Waals surface area contributed by atoms with Crippen LogP contribution in [-0.4, -0.2) is 36.3 Å². The third kappa shape index (κ3) is 3.49. The molecule has 0 aromatic heterocycles. The lowest BCUT2D eigenvalue weighted by Gasteiger charge is -2.40. The van der Waals surface area contributed by atoms with E-state index in [1.165, 1.54) is 0 Å². The second kappa shape index (κ2) is 6.24. The Hall–Kier alpha value is -1.59. The second-order valence-corrected chi connectivity index (χ2v) is 5.44. The minimum Gasteiger partial charge on any atom is -0.508 e. The predicted molar refractivity (Wildman–Crippen MR) is 76.4 cm³/mol. The van der Waals surface area contributed by atoms with Crippen LogP contribution in [0.3, 0.4) is 0 Å². The molecule has 0 heterocycles. The number of carbonyl (C=O) groups is 1. The fourth-order valence-corrected chi connectivity index (χ4v) is 2.38. The molecule has 1 aliphatic carbocycles. The lowest BCUT2D eigenvalue weighted by Crippen LogP contribution is -2.52. The van der Waals surface area contributed by atoms with Gasteiger partial charge in [-0.3, -0.25) is 4.79 Å². The molecule has 1 fully saturated rings. The number of benzene rings is 1. The third-order valence-electron chi connectivity index (χ3n) is 4.01. The Morgan fingerprint density at radius 2 is 2.10 bits per heavy atom. The summed E-state index contributed by atoms with van der Waals surface area (Å²) in [5.74, 6) is 0.0418. The maximum Gasteiger partial charge on any atom is 0.237 e. The highest BCUT2D eigenvalue weighted by molar-refractivity contribution is 5.81. The molecule has 1 aliphatic rings. The van der Waals surface area contributed by atoms with Crippen molar-refractivity contribution < 1.29 is 14.6 Å². The number of phenolic OH excluding ortho intramolecular Hbond substituents is 1. The number of hydrogen-bond donors (Lipinski definition) is 3. The SMILES string of the molecule is COC1(CNC(=O)C(N)Cc2ccc(O)cc2)CCC1. The predicted octanol–water partition coefficient (Wildman–Crippen LogP) is 0.947. The van der Waals surface area contributed by atoms with Crippen molar-refractivity contribution in [1.82, 2.24) is 5.32 Å². The van der Waals surface area contributed by atoms with Gasteiger partial charge in [0.05, 0.1) is 11.6 Å². The first-order valence-electron chi connectivity index (χ1n) is 6.91. The number of rotatable bonds is 6. The van der Waals surface area contributed by atoms with Crippen LogP contribution in [0.25, 0.3) is 0 Å². The molecule has 1 aromatic rings. The number of aromatic hydroxyl groups is 1. The van der Waals surface area contributed by atoms with Gasteiger partial charge in [0.2, 0.25) is 5.91 Å². The molecule has 1 saturated carbocycles. The van der Waals surface area contributed by atoms with Gasteiger partial charge in [-0.25, -0.2) is 0 Å². The molecule has 5 nitrogen and oxygen atoms in total. The number of ether oxygens (including phenoxy) is 1. The zero-order valence-electron chi connectivity index (χ0n) is 11.8. The third-order valence-corrected chi connectivity index (χ3v) is 4.01. The van der Waals surface area contributed by atoms with E-state index in [2.05, 4.69) is 5.32 Å². The van der Waals surface area contributed by atoms with E-state index >= 15 is 0 Å². The van der Waals surface area contributed by atoms with Gasteiger partial charge in [0.1, 0.15) is 5.75 Å². The molecule has 20 heavy (non-hydrogen) atoms. The zero-order chi connectivity index (χ0) is 14.6. The van der Waals surface area contributed by atoms with Gasteiger partial charge in [-0.05, 0) is 43.4 Å². The summed E-state index contributed by atoms with van der Waals surface area (Å²) in [5.41, 5.74) is 6.64. The van der Waals surface area contributed by atoms with Crippen LogP contribution in [0.15, 0.2) is 24.3 Å². The first-order valence-corrected chi connectivity index (χ1v) is 6.91. The molecular weight excluding hydrogens is 256 g/mol. The second-order valence-electron chi connectivity index (χ2n) is 5.44. The maximum atomic E-state index is 12.0. The number of nitrogens with two attached hydrogens (primary N) is 1. The summed E-state index contributed by atoms with van der Waals surface area (Å²) in [4.78, 5) is 12.0. The highest BCUT2D eigenvalue weighted by Crippen LogP contribution is 2.34. The van der Waals surface area contributed by atoms with Crippen molar-refractivity contribution in [3.8, 4) is 5.75 Å². The summed E-state index contributed by atoms with van der Waals surface area (Å²) in [6.45, 7) is 0.519. The summed E-state index contributed by atoms with van der Waals surface area (Å²) < 4.78 is 5.45. The van der Waals surface area contributed by atoms with Crippen molar-refractivity contribution in [3.63, 3.8) is 0 Å². The Morgan fingerprint density at radius 1 is 1.45 bits per heavy atom. The molecule has 4 N–H and O–H groups in total. The lowest BCUT2D eigenvalue weighted by molar-refractivity contribution is -0.126.